The van der Waals surface area contributed by atoms with Crippen molar-refractivity contribution in [2.75, 3.05) is 44.8 Å². The van der Waals surface area contributed by atoms with Crippen molar-refractivity contribution in [1.29, 1.82) is 0 Å². The smallest absolute Gasteiger partial charge is 0.253 e. The summed E-state index contributed by atoms with van der Waals surface area (Å²) >= 11 is 15.0. The zero-order valence-corrected chi connectivity index (χ0v) is 29.0. The van der Waals surface area contributed by atoms with Gasteiger partial charge in [0.15, 0.2) is 17.6 Å². The molecule has 1 aromatic carbocycles. The number of nitrogens with zero attached hydrogens (tertiary/aromatic N) is 4. The highest BCUT2D eigenvalue weighted by Gasteiger charge is 2.49. The van der Waals surface area contributed by atoms with Crippen LogP contribution in [-0.2, 0) is 4.79 Å². The van der Waals surface area contributed by atoms with Crippen molar-refractivity contribution in [1.82, 2.24) is 14.9 Å². The van der Waals surface area contributed by atoms with Gasteiger partial charge in [0.2, 0.25) is 0 Å². The summed E-state index contributed by atoms with van der Waals surface area (Å²) in [6, 6.07) is 9.50. The molecule has 4 atom stereocenters. The van der Waals surface area contributed by atoms with Crippen LogP contribution in [0.15, 0.2) is 47.3 Å². The van der Waals surface area contributed by atoms with Crippen LogP contribution < -0.4 is 14.4 Å². The second kappa shape index (κ2) is 14.8. The molecule has 13 heteroatoms. The van der Waals surface area contributed by atoms with Crippen molar-refractivity contribution in [3.05, 3.63) is 74.1 Å². The van der Waals surface area contributed by atoms with Gasteiger partial charge in [-0.05, 0) is 77.7 Å². The number of likely N-dealkylation sites (tertiary alicyclic amines) is 1. The van der Waals surface area contributed by atoms with Crippen LogP contribution in [0.1, 0.15) is 36.5 Å². The third-order valence-corrected chi connectivity index (χ3v) is 9.78. The van der Waals surface area contributed by atoms with E-state index in [0.717, 1.165) is 27.1 Å². The number of methoxy groups -OCH3 is 1. The van der Waals surface area contributed by atoms with Crippen LogP contribution in [0, 0.1) is 19.3 Å². The van der Waals surface area contributed by atoms with E-state index in [2.05, 4.69) is 30.8 Å². The van der Waals surface area contributed by atoms with E-state index >= 15 is 0 Å². The molecule has 3 N–H and O–H groups in total. The number of aryl methyl sites for hydroxylation is 2. The van der Waals surface area contributed by atoms with Gasteiger partial charge >= 0.3 is 0 Å². The Bertz CT molecular complexity index is 1510. The minimum Gasteiger partial charge on any atom is -0.493 e. The van der Waals surface area contributed by atoms with Crippen LogP contribution in [-0.4, -0.2) is 94.3 Å². The standard InChI is InChI=1S/C26H34ClN3O6.C6H5BrClN/c1-15-7-24(28-9-20(15)27)29-10-18(11-29)36-23-8-17(5-6-22(23)35-4)19-12-30(25(34)21(33)13-31)14-26(19,3)16(2)32;1-4-2-6(7)9-3-5(4)8/h5-9,16,18-19,21,31-33H,10-14H2,1-4H3;2-3H,1H3/t16-,19+,21+,26+;/m1./s1. The van der Waals surface area contributed by atoms with Crippen molar-refractivity contribution in [2.24, 2.45) is 5.41 Å². The normalized spacial score (nSPS) is 21.0. The molecule has 2 saturated heterocycles. The molecule has 2 aliphatic rings. The number of rotatable bonds is 8. The van der Waals surface area contributed by atoms with Gasteiger partial charge in [-0.1, -0.05) is 36.2 Å². The zero-order valence-electron chi connectivity index (χ0n) is 25.9. The molecule has 2 aliphatic heterocycles. The van der Waals surface area contributed by atoms with E-state index in [1.807, 2.05) is 51.1 Å². The fourth-order valence-corrected chi connectivity index (χ4v) is 6.12. The number of halogens is 3. The summed E-state index contributed by atoms with van der Waals surface area (Å²) in [5.41, 5.74) is 2.26. The van der Waals surface area contributed by atoms with Crippen molar-refractivity contribution in [3.8, 4) is 11.5 Å². The molecule has 1 amide bonds. The monoisotopic (exact) mass is 724 g/mol. The third-order valence-electron chi connectivity index (χ3n) is 8.56. The van der Waals surface area contributed by atoms with Gasteiger partial charge in [-0.25, -0.2) is 9.97 Å². The second-order valence-corrected chi connectivity index (χ2v) is 13.4. The Labute approximate surface area is 282 Å². The molecule has 244 valence electrons. The van der Waals surface area contributed by atoms with Crippen molar-refractivity contribution >= 4 is 50.9 Å². The van der Waals surface area contributed by atoms with Gasteiger partial charge in [0, 0.05) is 36.8 Å². The van der Waals surface area contributed by atoms with Crippen LogP contribution in [0.5, 0.6) is 11.5 Å². The van der Waals surface area contributed by atoms with Crippen LogP contribution in [0.2, 0.25) is 10.0 Å². The number of amides is 1. The molecule has 0 unspecified atom stereocenters. The molecule has 0 aliphatic carbocycles. The number of anilines is 1. The largest absolute Gasteiger partial charge is 0.493 e. The Balaban J connectivity index is 0.000000440. The first-order valence-corrected chi connectivity index (χ1v) is 16.1. The lowest BCUT2D eigenvalue weighted by atomic mass is 9.72. The number of aliphatic hydroxyl groups is 3. The van der Waals surface area contributed by atoms with Gasteiger partial charge in [0.1, 0.15) is 16.5 Å². The quantitative estimate of drug-likeness (QED) is 0.281. The molecule has 0 saturated carbocycles. The lowest BCUT2D eigenvalue weighted by Gasteiger charge is -2.40. The van der Waals surface area contributed by atoms with E-state index in [4.69, 9.17) is 32.7 Å². The summed E-state index contributed by atoms with van der Waals surface area (Å²) in [5, 5.41) is 31.1. The highest BCUT2D eigenvalue weighted by molar-refractivity contribution is 9.10. The Morgan fingerprint density at radius 3 is 2.27 bits per heavy atom. The molecule has 3 aromatic rings. The van der Waals surface area contributed by atoms with E-state index in [9.17, 15) is 20.1 Å². The molecular formula is C32H39BrCl2N4O6. The first kappa shape index (κ1) is 35.2. The van der Waals surface area contributed by atoms with Crippen LogP contribution in [0.3, 0.4) is 0 Å². The molecule has 5 rings (SSSR count). The zero-order chi connectivity index (χ0) is 33.1. The highest BCUT2D eigenvalue weighted by Crippen LogP contribution is 2.47. The first-order chi connectivity index (χ1) is 21.3. The molecular weight excluding hydrogens is 687 g/mol. The Kier molecular flexibility index (Phi) is 11.6. The van der Waals surface area contributed by atoms with Gasteiger partial charge in [0.05, 0.1) is 43.0 Å². The number of aliphatic hydroxyl groups excluding tert-OH is 3. The maximum absolute atomic E-state index is 12.6. The predicted molar refractivity (Wildman–Crippen MR) is 177 cm³/mol. The lowest BCUT2D eigenvalue weighted by molar-refractivity contribution is -0.141. The van der Waals surface area contributed by atoms with E-state index < -0.39 is 30.1 Å². The van der Waals surface area contributed by atoms with Gasteiger partial charge in [-0.2, -0.15) is 0 Å². The molecule has 0 bridgehead atoms. The highest BCUT2D eigenvalue weighted by atomic mass is 79.9. The summed E-state index contributed by atoms with van der Waals surface area (Å²) in [4.78, 5) is 24.5. The van der Waals surface area contributed by atoms with Gasteiger partial charge in [-0.15, -0.1) is 0 Å². The van der Waals surface area contributed by atoms with Gasteiger partial charge < -0.3 is 34.6 Å². The summed E-state index contributed by atoms with van der Waals surface area (Å²) in [6.07, 6.45) is 1.03. The van der Waals surface area contributed by atoms with Gasteiger partial charge in [-0.3, -0.25) is 4.79 Å². The maximum atomic E-state index is 12.6. The summed E-state index contributed by atoms with van der Waals surface area (Å²) < 4.78 is 12.7. The van der Waals surface area contributed by atoms with E-state index in [1.54, 1.807) is 26.4 Å². The molecule has 2 aromatic heterocycles. The minimum absolute atomic E-state index is 0.0589. The number of hydrogen-bond acceptors (Lipinski definition) is 9. The number of aromatic nitrogens is 2. The summed E-state index contributed by atoms with van der Waals surface area (Å²) in [7, 11) is 1.58. The summed E-state index contributed by atoms with van der Waals surface area (Å²) in [6.45, 7) is 8.77. The lowest BCUT2D eigenvalue weighted by Crippen LogP contribution is -2.54. The minimum atomic E-state index is -1.47. The van der Waals surface area contributed by atoms with Crippen LogP contribution in [0.4, 0.5) is 5.82 Å². The van der Waals surface area contributed by atoms with E-state index in [-0.39, 0.29) is 18.6 Å². The maximum Gasteiger partial charge on any atom is 0.253 e. The third kappa shape index (κ3) is 8.01. The molecule has 2 fully saturated rings. The number of carbonyl (C=O) groups excluding carboxylic acids is 1. The van der Waals surface area contributed by atoms with Crippen molar-refractivity contribution in [2.45, 2.75) is 51.9 Å². The van der Waals surface area contributed by atoms with E-state index in [1.165, 1.54) is 4.90 Å². The number of benzene rings is 1. The van der Waals surface area contributed by atoms with Crippen molar-refractivity contribution < 1.29 is 29.6 Å². The van der Waals surface area contributed by atoms with Gasteiger partial charge in [0.25, 0.3) is 5.91 Å². The second-order valence-electron chi connectivity index (χ2n) is 11.8. The van der Waals surface area contributed by atoms with Crippen LogP contribution in [0.25, 0.3) is 0 Å². The molecule has 45 heavy (non-hydrogen) atoms. The fourth-order valence-electron chi connectivity index (χ4n) is 5.46. The molecule has 0 radical (unpaired) electrons. The predicted octanol–water partition coefficient (Wildman–Crippen LogP) is 4.79. The molecule has 0 spiro atoms. The molecule has 4 heterocycles. The number of carbonyl (C=O) groups is 1. The SMILES string of the molecule is COc1ccc([C@@H]2CN(C(=O)[C@@H](O)CO)C[C@@]2(C)[C@@H](C)O)cc1OC1CN(c2cc(C)c(Cl)cn2)C1.Cc1cc(Br)ncc1Cl. The average molecular weight is 726 g/mol. The number of pyridine rings is 2. The topological polar surface area (TPSA) is 128 Å². The number of hydrogen-bond donors (Lipinski definition) is 3. The van der Waals surface area contributed by atoms with E-state index in [0.29, 0.717) is 41.2 Å². The first-order valence-electron chi connectivity index (χ1n) is 14.5. The van der Waals surface area contributed by atoms with Crippen molar-refractivity contribution in [3.63, 3.8) is 0 Å². The Morgan fingerprint density at radius 1 is 1.07 bits per heavy atom. The fraction of sp³-hybridized carbons (Fsp3) is 0.469. The number of ether oxygens (including phenoxy) is 2. The Hall–Kier alpha value is -2.67. The molecule has 10 nitrogen and oxygen atoms in total. The van der Waals surface area contributed by atoms with Crippen LogP contribution >= 0.6 is 39.1 Å². The average Bonchev–Trinajstić information content (AvgIpc) is 3.36. The Morgan fingerprint density at radius 2 is 1.71 bits per heavy atom. The summed E-state index contributed by atoms with van der Waals surface area (Å²) in [5.74, 6) is 1.29.